The normalized spacial score (nSPS) is 13.5. The molecule has 1 amide bonds. The SMILES string of the molecule is CCc1[nH]c(=O)ccc1C(=O)N1CCc2oc(-c3ccccc3)nc2C1. The fourth-order valence-electron chi connectivity index (χ4n) is 3.24. The number of aromatic amines is 1. The van der Waals surface area contributed by atoms with E-state index in [0.717, 1.165) is 17.0 Å². The third-order valence-corrected chi connectivity index (χ3v) is 4.62. The Morgan fingerprint density at radius 2 is 2.04 bits per heavy atom. The Morgan fingerprint density at radius 1 is 1.23 bits per heavy atom. The number of rotatable bonds is 3. The van der Waals surface area contributed by atoms with Gasteiger partial charge in [-0.2, -0.15) is 0 Å². The number of fused-ring (bicyclic) bond motifs is 1. The number of pyridine rings is 1. The Labute approximate surface area is 150 Å². The van der Waals surface area contributed by atoms with Crippen molar-refractivity contribution < 1.29 is 9.21 Å². The summed E-state index contributed by atoms with van der Waals surface area (Å²) in [5, 5.41) is 0. The fraction of sp³-hybridized carbons (Fsp3) is 0.250. The van der Waals surface area contributed by atoms with Gasteiger partial charge >= 0.3 is 0 Å². The summed E-state index contributed by atoms with van der Waals surface area (Å²) in [5.74, 6) is 1.33. The number of H-pyrrole nitrogens is 1. The highest BCUT2D eigenvalue weighted by atomic mass is 16.4. The molecule has 3 aromatic rings. The second kappa shape index (κ2) is 6.63. The van der Waals surface area contributed by atoms with Crippen LogP contribution >= 0.6 is 0 Å². The summed E-state index contributed by atoms with van der Waals surface area (Å²) in [6.45, 7) is 2.89. The third kappa shape index (κ3) is 2.94. The zero-order valence-corrected chi connectivity index (χ0v) is 14.5. The third-order valence-electron chi connectivity index (χ3n) is 4.62. The van der Waals surface area contributed by atoms with Gasteiger partial charge in [0.15, 0.2) is 0 Å². The molecule has 6 nitrogen and oxygen atoms in total. The highest BCUT2D eigenvalue weighted by Crippen LogP contribution is 2.26. The van der Waals surface area contributed by atoms with Gasteiger partial charge < -0.3 is 14.3 Å². The van der Waals surface area contributed by atoms with Crippen molar-refractivity contribution in [2.75, 3.05) is 6.54 Å². The minimum Gasteiger partial charge on any atom is -0.441 e. The molecule has 0 bridgehead atoms. The number of amides is 1. The molecular formula is C20H19N3O3. The number of benzene rings is 1. The molecule has 0 aliphatic carbocycles. The van der Waals surface area contributed by atoms with Crippen LogP contribution in [0.4, 0.5) is 0 Å². The molecule has 1 aliphatic heterocycles. The molecular weight excluding hydrogens is 330 g/mol. The van der Waals surface area contributed by atoms with Crippen LogP contribution in [0.5, 0.6) is 0 Å². The van der Waals surface area contributed by atoms with E-state index >= 15 is 0 Å². The van der Waals surface area contributed by atoms with Crippen molar-refractivity contribution in [3.05, 3.63) is 75.5 Å². The van der Waals surface area contributed by atoms with Crippen LogP contribution < -0.4 is 5.56 Å². The first-order valence-electron chi connectivity index (χ1n) is 8.71. The number of hydrogen-bond donors (Lipinski definition) is 1. The molecule has 0 fully saturated rings. The highest BCUT2D eigenvalue weighted by Gasteiger charge is 2.27. The molecule has 1 aromatic carbocycles. The van der Waals surface area contributed by atoms with E-state index in [0.29, 0.717) is 43.1 Å². The molecule has 0 unspecified atom stereocenters. The van der Waals surface area contributed by atoms with E-state index in [2.05, 4.69) is 9.97 Å². The maximum atomic E-state index is 12.9. The number of hydrogen-bond acceptors (Lipinski definition) is 4. The molecule has 3 heterocycles. The fourth-order valence-corrected chi connectivity index (χ4v) is 3.24. The summed E-state index contributed by atoms with van der Waals surface area (Å²) >= 11 is 0. The number of carbonyl (C=O) groups excluding carboxylic acids is 1. The molecule has 1 aliphatic rings. The van der Waals surface area contributed by atoms with Gasteiger partial charge in [0, 0.05) is 30.3 Å². The molecule has 6 heteroatoms. The minimum absolute atomic E-state index is 0.0898. The van der Waals surface area contributed by atoms with Gasteiger partial charge in [0.2, 0.25) is 11.4 Å². The van der Waals surface area contributed by atoms with Gasteiger partial charge in [0.25, 0.3) is 5.91 Å². The summed E-state index contributed by atoms with van der Waals surface area (Å²) < 4.78 is 5.89. The highest BCUT2D eigenvalue weighted by molar-refractivity contribution is 5.95. The average molecular weight is 349 g/mol. The summed E-state index contributed by atoms with van der Waals surface area (Å²) in [6, 6.07) is 12.7. The standard InChI is InChI=1S/C20H19N3O3/c1-2-15-14(8-9-18(24)21-15)20(25)23-11-10-17-16(12-23)22-19(26-17)13-6-4-3-5-7-13/h3-9H,2,10-12H2,1H3,(H,21,24). The van der Waals surface area contributed by atoms with Gasteiger partial charge in [0.1, 0.15) is 11.5 Å². The lowest BCUT2D eigenvalue weighted by Crippen LogP contribution is -2.36. The maximum Gasteiger partial charge on any atom is 0.255 e. The van der Waals surface area contributed by atoms with Crippen LogP contribution in [0.15, 0.2) is 51.7 Å². The number of carbonyl (C=O) groups is 1. The van der Waals surface area contributed by atoms with E-state index in [1.54, 1.807) is 11.0 Å². The summed E-state index contributed by atoms with van der Waals surface area (Å²) in [5.41, 5.74) is 2.74. The smallest absolute Gasteiger partial charge is 0.255 e. The monoisotopic (exact) mass is 349 g/mol. The molecule has 0 saturated carbocycles. The zero-order valence-electron chi connectivity index (χ0n) is 14.5. The van der Waals surface area contributed by atoms with E-state index in [1.165, 1.54) is 6.07 Å². The van der Waals surface area contributed by atoms with Crippen molar-refractivity contribution in [3.63, 3.8) is 0 Å². The van der Waals surface area contributed by atoms with Crippen LogP contribution in [-0.4, -0.2) is 27.3 Å². The lowest BCUT2D eigenvalue weighted by Gasteiger charge is -2.26. The molecule has 0 saturated heterocycles. The molecule has 0 atom stereocenters. The second-order valence-corrected chi connectivity index (χ2v) is 6.30. The topological polar surface area (TPSA) is 79.2 Å². The van der Waals surface area contributed by atoms with E-state index in [9.17, 15) is 9.59 Å². The number of nitrogens with one attached hydrogen (secondary N) is 1. The lowest BCUT2D eigenvalue weighted by molar-refractivity contribution is 0.0726. The Balaban J connectivity index is 1.60. The van der Waals surface area contributed by atoms with Gasteiger partial charge in [0.05, 0.1) is 12.1 Å². The Morgan fingerprint density at radius 3 is 2.81 bits per heavy atom. The molecule has 132 valence electrons. The molecule has 2 aromatic heterocycles. The predicted octanol–water partition coefficient (Wildman–Crippen LogP) is 2.79. The number of aryl methyl sites for hydroxylation is 1. The minimum atomic E-state index is -0.191. The first kappa shape index (κ1) is 16.3. The summed E-state index contributed by atoms with van der Waals surface area (Å²) in [4.78, 5) is 33.5. The van der Waals surface area contributed by atoms with Crippen molar-refractivity contribution in [2.24, 2.45) is 0 Å². The number of aromatic nitrogens is 2. The van der Waals surface area contributed by atoms with Crippen LogP contribution in [0.3, 0.4) is 0 Å². The quantitative estimate of drug-likeness (QED) is 0.788. The van der Waals surface area contributed by atoms with E-state index in [-0.39, 0.29) is 11.5 Å². The van der Waals surface area contributed by atoms with Crippen LogP contribution in [-0.2, 0) is 19.4 Å². The Bertz CT molecular complexity index is 1000. The number of oxazole rings is 1. The second-order valence-electron chi connectivity index (χ2n) is 6.30. The molecule has 1 N–H and O–H groups in total. The van der Waals surface area contributed by atoms with Gasteiger partial charge in [-0.15, -0.1) is 0 Å². The van der Waals surface area contributed by atoms with Crippen molar-refractivity contribution >= 4 is 5.91 Å². The van der Waals surface area contributed by atoms with Gasteiger partial charge in [-0.3, -0.25) is 9.59 Å². The first-order valence-corrected chi connectivity index (χ1v) is 8.71. The number of nitrogens with zero attached hydrogens (tertiary/aromatic N) is 2. The van der Waals surface area contributed by atoms with Gasteiger partial charge in [-0.25, -0.2) is 4.98 Å². The summed E-state index contributed by atoms with van der Waals surface area (Å²) in [7, 11) is 0. The Hall–Kier alpha value is -3.15. The molecule has 4 rings (SSSR count). The van der Waals surface area contributed by atoms with Crippen LogP contribution in [0.2, 0.25) is 0 Å². The molecule has 0 spiro atoms. The van der Waals surface area contributed by atoms with E-state index in [1.807, 2.05) is 37.3 Å². The molecule has 0 radical (unpaired) electrons. The van der Waals surface area contributed by atoms with Crippen molar-refractivity contribution in [1.29, 1.82) is 0 Å². The molecule has 26 heavy (non-hydrogen) atoms. The van der Waals surface area contributed by atoms with Crippen molar-refractivity contribution in [2.45, 2.75) is 26.3 Å². The zero-order chi connectivity index (χ0) is 18.1. The largest absolute Gasteiger partial charge is 0.441 e. The Kier molecular flexibility index (Phi) is 4.16. The van der Waals surface area contributed by atoms with E-state index < -0.39 is 0 Å². The van der Waals surface area contributed by atoms with Crippen LogP contribution in [0, 0.1) is 0 Å². The van der Waals surface area contributed by atoms with Gasteiger partial charge in [-0.05, 0) is 24.6 Å². The van der Waals surface area contributed by atoms with Gasteiger partial charge in [-0.1, -0.05) is 25.1 Å². The maximum absolute atomic E-state index is 12.9. The van der Waals surface area contributed by atoms with Crippen LogP contribution in [0.25, 0.3) is 11.5 Å². The average Bonchev–Trinajstić information content (AvgIpc) is 3.11. The first-order chi connectivity index (χ1) is 12.7. The van der Waals surface area contributed by atoms with Crippen molar-refractivity contribution in [3.8, 4) is 11.5 Å². The van der Waals surface area contributed by atoms with Crippen molar-refractivity contribution in [1.82, 2.24) is 14.9 Å². The summed E-state index contributed by atoms with van der Waals surface area (Å²) in [6.07, 6.45) is 1.23. The predicted molar refractivity (Wildman–Crippen MR) is 96.8 cm³/mol. The van der Waals surface area contributed by atoms with E-state index in [4.69, 9.17) is 4.42 Å². The lowest BCUT2D eigenvalue weighted by atomic mass is 10.1. The van der Waals surface area contributed by atoms with Crippen LogP contribution in [0.1, 0.15) is 34.4 Å².